The Morgan fingerprint density at radius 1 is 1.26 bits per heavy atom. The second kappa shape index (κ2) is 5.41. The molecule has 0 bridgehead atoms. The average molecular weight is 254 g/mol. The molecule has 3 rings (SSSR count). The van der Waals surface area contributed by atoms with Gasteiger partial charge in [-0.2, -0.15) is 0 Å². The molecule has 3 heteroatoms. The van der Waals surface area contributed by atoms with Crippen LogP contribution in [0.15, 0.2) is 42.7 Å². The lowest BCUT2D eigenvalue weighted by atomic mass is 10.0. The maximum absolute atomic E-state index is 5.43. The molecule has 1 aromatic heterocycles. The third kappa shape index (κ3) is 2.93. The molecule has 19 heavy (non-hydrogen) atoms. The lowest BCUT2D eigenvalue weighted by Crippen LogP contribution is -2.15. The maximum Gasteiger partial charge on any atom is 0.123 e. The first-order valence-corrected chi connectivity index (χ1v) is 6.67. The summed E-state index contributed by atoms with van der Waals surface area (Å²) in [4.78, 5) is 4.17. The van der Waals surface area contributed by atoms with Gasteiger partial charge in [-0.3, -0.25) is 4.98 Å². The minimum absolute atomic E-state index is 0.701. The van der Waals surface area contributed by atoms with Crippen molar-refractivity contribution in [3.8, 4) is 16.9 Å². The summed E-state index contributed by atoms with van der Waals surface area (Å²) in [6, 6.07) is 11.0. The van der Waals surface area contributed by atoms with Crippen molar-refractivity contribution < 1.29 is 4.74 Å². The van der Waals surface area contributed by atoms with Crippen LogP contribution >= 0.6 is 0 Å². The van der Waals surface area contributed by atoms with Gasteiger partial charge in [-0.25, -0.2) is 0 Å². The van der Waals surface area contributed by atoms with Crippen LogP contribution < -0.4 is 10.1 Å². The molecule has 1 aromatic carbocycles. The molecular weight excluding hydrogens is 236 g/mol. The van der Waals surface area contributed by atoms with Gasteiger partial charge < -0.3 is 10.1 Å². The molecule has 0 amide bonds. The van der Waals surface area contributed by atoms with Crippen molar-refractivity contribution in [2.24, 2.45) is 0 Å². The quantitative estimate of drug-likeness (QED) is 0.890. The number of nitrogens with zero attached hydrogens (tertiary/aromatic N) is 1. The summed E-state index contributed by atoms with van der Waals surface area (Å²) in [5.74, 6) is 0.945. The molecule has 0 saturated heterocycles. The molecule has 1 N–H and O–H groups in total. The Balaban J connectivity index is 1.87. The number of aromatic nitrogens is 1. The number of ether oxygens (including phenoxy) is 1. The zero-order chi connectivity index (χ0) is 13.1. The van der Waals surface area contributed by atoms with Gasteiger partial charge in [-0.05, 0) is 36.6 Å². The predicted octanol–water partition coefficient (Wildman–Crippen LogP) is 3.01. The maximum atomic E-state index is 5.43. The van der Waals surface area contributed by atoms with Crippen molar-refractivity contribution in [3.05, 3.63) is 48.3 Å². The minimum atomic E-state index is 0.701. The highest BCUT2D eigenvalue weighted by molar-refractivity contribution is 5.64. The Hall–Kier alpha value is -1.87. The molecule has 98 valence electrons. The molecule has 0 radical (unpaired) electrons. The highest BCUT2D eigenvalue weighted by Gasteiger charge is 2.20. The van der Waals surface area contributed by atoms with E-state index in [-0.39, 0.29) is 0 Å². The van der Waals surface area contributed by atoms with Crippen LogP contribution in [0.4, 0.5) is 0 Å². The van der Waals surface area contributed by atoms with E-state index in [4.69, 9.17) is 4.74 Å². The molecule has 0 aliphatic heterocycles. The molecule has 0 unspecified atom stereocenters. The molecule has 1 heterocycles. The lowest BCUT2D eigenvalue weighted by molar-refractivity contribution is 0.407. The molecule has 1 aliphatic carbocycles. The Morgan fingerprint density at radius 2 is 2.16 bits per heavy atom. The fourth-order valence-corrected chi connectivity index (χ4v) is 2.17. The third-order valence-electron chi connectivity index (χ3n) is 3.43. The summed E-state index contributed by atoms with van der Waals surface area (Å²) < 4.78 is 5.43. The number of methoxy groups -OCH3 is 1. The van der Waals surface area contributed by atoms with E-state index in [0.29, 0.717) is 6.04 Å². The van der Waals surface area contributed by atoms with E-state index in [2.05, 4.69) is 28.5 Å². The van der Waals surface area contributed by atoms with Crippen molar-refractivity contribution in [3.63, 3.8) is 0 Å². The second-order valence-corrected chi connectivity index (χ2v) is 4.92. The van der Waals surface area contributed by atoms with Gasteiger partial charge in [0.15, 0.2) is 0 Å². The van der Waals surface area contributed by atoms with Gasteiger partial charge in [0.05, 0.1) is 7.11 Å². The third-order valence-corrected chi connectivity index (χ3v) is 3.43. The van der Waals surface area contributed by atoms with Crippen LogP contribution in [0, 0.1) is 0 Å². The van der Waals surface area contributed by atoms with E-state index in [1.165, 1.54) is 24.0 Å². The molecule has 1 aliphatic rings. The van der Waals surface area contributed by atoms with Crippen LogP contribution in [0.3, 0.4) is 0 Å². The normalized spacial score (nSPS) is 14.4. The first-order valence-electron chi connectivity index (χ1n) is 6.67. The highest BCUT2D eigenvalue weighted by atomic mass is 16.5. The summed E-state index contributed by atoms with van der Waals surface area (Å²) in [5, 5.41) is 3.53. The smallest absolute Gasteiger partial charge is 0.123 e. The first kappa shape index (κ1) is 12.2. The topological polar surface area (TPSA) is 34.1 Å². The van der Waals surface area contributed by atoms with Crippen LogP contribution in [0.5, 0.6) is 5.75 Å². The summed E-state index contributed by atoms with van der Waals surface area (Å²) in [6.07, 6.45) is 6.28. The van der Waals surface area contributed by atoms with Gasteiger partial charge >= 0.3 is 0 Å². The van der Waals surface area contributed by atoms with E-state index in [0.717, 1.165) is 17.9 Å². The van der Waals surface area contributed by atoms with Crippen LogP contribution in [-0.4, -0.2) is 18.1 Å². The van der Waals surface area contributed by atoms with Crippen LogP contribution in [-0.2, 0) is 6.54 Å². The number of benzene rings is 1. The molecule has 1 fully saturated rings. The number of hydrogen-bond acceptors (Lipinski definition) is 3. The van der Waals surface area contributed by atoms with E-state index < -0.39 is 0 Å². The Kier molecular flexibility index (Phi) is 3.47. The Morgan fingerprint density at radius 3 is 2.84 bits per heavy atom. The van der Waals surface area contributed by atoms with Crippen LogP contribution in [0.2, 0.25) is 0 Å². The van der Waals surface area contributed by atoms with Crippen LogP contribution in [0.1, 0.15) is 18.4 Å². The van der Waals surface area contributed by atoms with Gasteiger partial charge in [0.2, 0.25) is 0 Å². The summed E-state index contributed by atoms with van der Waals surface area (Å²) in [5.41, 5.74) is 3.52. The fraction of sp³-hybridized carbons (Fsp3) is 0.312. The second-order valence-electron chi connectivity index (χ2n) is 4.92. The van der Waals surface area contributed by atoms with E-state index in [1.807, 2.05) is 18.3 Å². The number of rotatable bonds is 5. The van der Waals surface area contributed by atoms with Gasteiger partial charge in [-0.1, -0.05) is 12.1 Å². The SMILES string of the molecule is COc1ccc(-c2cccnc2)cc1CNC1CC1. The monoisotopic (exact) mass is 254 g/mol. The fourth-order valence-electron chi connectivity index (χ4n) is 2.17. The van der Waals surface area contributed by atoms with Gasteiger partial charge in [0.1, 0.15) is 5.75 Å². The summed E-state index contributed by atoms with van der Waals surface area (Å²) in [7, 11) is 1.72. The summed E-state index contributed by atoms with van der Waals surface area (Å²) in [6.45, 7) is 0.863. The predicted molar refractivity (Wildman–Crippen MR) is 76.1 cm³/mol. The van der Waals surface area contributed by atoms with E-state index in [1.54, 1.807) is 13.3 Å². The number of hydrogen-bond donors (Lipinski definition) is 1. The molecule has 2 aromatic rings. The Labute approximate surface area is 113 Å². The largest absolute Gasteiger partial charge is 0.496 e. The van der Waals surface area contributed by atoms with E-state index >= 15 is 0 Å². The lowest BCUT2D eigenvalue weighted by Gasteiger charge is -2.11. The highest BCUT2D eigenvalue weighted by Crippen LogP contribution is 2.27. The van der Waals surface area contributed by atoms with Crippen LogP contribution in [0.25, 0.3) is 11.1 Å². The molecule has 0 atom stereocenters. The number of pyridine rings is 1. The molecular formula is C16H18N2O. The van der Waals surface area contributed by atoms with Gasteiger partial charge in [0, 0.05) is 36.1 Å². The van der Waals surface area contributed by atoms with Crippen molar-refractivity contribution >= 4 is 0 Å². The summed E-state index contributed by atoms with van der Waals surface area (Å²) >= 11 is 0. The Bertz CT molecular complexity index is 550. The van der Waals surface area contributed by atoms with E-state index in [9.17, 15) is 0 Å². The van der Waals surface area contributed by atoms with Gasteiger partial charge in [-0.15, -0.1) is 0 Å². The first-order chi connectivity index (χ1) is 9.36. The standard InChI is InChI=1S/C16H18N2O/c1-19-16-7-4-12(13-3-2-8-17-10-13)9-14(16)11-18-15-5-6-15/h2-4,7-10,15,18H,5-6,11H2,1H3. The van der Waals surface area contributed by atoms with Crippen molar-refractivity contribution in [2.45, 2.75) is 25.4 Å². The van der Waals surface area contributed by atoms with Crippen molar-refractivity contribution in [1.29, 1.82) is 0 Å². The number of nitrogens with one attached hydrogen (secondary N) is 1. The molecule has 3 nitrogen and oxygen atoms in total. The van der Waals surface area contributed by atoms with Crippen molar-refractivity contribution in [2.75, 3.05) is 7.11 Å². The zero-order valence-corrected chi connectivity index (χ0v) is 11.1. The molecule has 1 saturated carbocycles. The molecule has 0 spiro atoms. The zero-order valence-electron chi connectivity index (χ0n) is 11.1. The minimum Gasteiger partial charge on any atom is -0.496 e. The van der Waals surface area contributed by atoms with Crippen molar-refractivity contribution in [1.82, 2.24) is 10.3 Å². The van der Waals surface area contributed by atoms with Gasteiger partial charge in [0.25, 0.3) is 0 Å². The average Bonchev–Trinajstić information content (AvgIpc) is 3.30.